The van der Waals surface area contributed by atoms with E-state index in [0.29, 0.717) is 23.4 Å². The summed E-state index contributed by atoms with van der Waals surface area (Å²) in [6.07, 6.45) is 3.91. The zero-order valence-electron chi connectivity index (χ0n) is 15.8. The van der Waals surface area contributed by atoms with Crippen LogP contribution in [0.3, 0.4) is 0 Å². The monoisotopic (exact) mass is 395 g/mol. The zero-order valence-corrected chi connectivity index (χ0v) is 15.8. The molecule has 0 atom stereocenters. The van der Waals surface area contributed by atoms with Gasteiger partial charge in [0.25, 0.3) is 0 Å². The molecule has 2 aromatic carbocycles. The summed E-state index contributed by atoms with van der Waals surface area (Å²) >= 11 is 0. The van der Waals surface area contributed by atoms with Crippen LogP contribution in [0.4, 0.5) is 16.3 Å². The molecule has 0 saturated heterocycles. The molecule has 7 nitrogen and oxygen atoms in total. The van der Waals surface area contributed by atoms with Gasteiger partial charge >= 0.3 is 6.03 Å². The van der Waals surface area contributed by atoms with E-state index in [9.17, 15) is 15.2 Å². The summed E-state index contributed by atoms with van der Waals surface area (Å²) in [5.41, 5.74) is 3.53. The summed E-state index contributed by atoms with van der Waals surface area (Å²) in [4.78, 5) is 20.4. The Morgan fingerprint density at radius 3 is 2.57 bits per heavy atom. The number of hydrogen-bond donors (Lipinski definition) is 3. The summed E-state index contributed by atoms with van der Waals surface area (Å²) in [6.45, 7) is 0. The molecule has 0 spiro atoms. The molecular formula is C23H17N5O2. The second-order valence-corrected chi connectivity index (χ2v) is 6.64. The van der Waals surface area contributed by atoms with Gasteiger partial charge in [-0.05, 0) is 53.9 Å². The van der Waals surface area contributed by atoms with E-state index in [1.54, 1.807) is 36.7 Å². The largest absolute Gasteiger partial charge is 0.506 e. The highest BCUT2D eigenvalue weighted by molar-refractivity contribution is 5.99. The topological polar surface area (TPSA) is 111 Å². The Kier molecular flexibility index (Phi) is 5.22. The van der Waals surface area contributed by atoms with E-state index in [0.717, 1.165) is 16.5 Å². The van der Waals surface area contributed by atoms with Crippen LogP contribution in [-0.4, -0.2) is 21.1 Å². The molecule has 3 N–H and O–H groups in total. The number of nitriles is 1. The van der Waals surface area contributed by atoms with Crippen LogP contribution in [0, 0.1) is 11.3 Å². The highest BCUT2D eigenvalue weighted by atomic mass is 16.3. The number of phenolic OH excluding ortho intramolecular Hbond substituents is 1. The van der Waals surface area contributed by atoms with Crippen molar-refractivity contribution in [2.75, 3.05) is 10.6 Å². The minimum Gasteiger partial charge on any atom is -0.506 e. The lowest BCUT2D eigenvalue weighted by molar-refractivity contribution is 0.262. The van der Waals surface area contributed by atoms with Gasteiger partial charge in [-0.3, -0.25) is 10.3 Å². The number of aromatic hydroxyl groups is 1. The van der Waals surface area contributed by atoms with Gasteiger partial charge in [0.2, 0.25) is 0 Å². The van der Waals surface area contributed by atoms with Crippen molar-refractivity contribution in [1.82, 2.24) is 9.97 Å². The fourth-order valence-corrected chi connectivity index (χ4v) is 3.12. The van der Waals surface area contributed by atoms with Gasteiger partial charge in [0.05, 0.1) is 11.1 Å². The predicted molar refractivity (Wildman–Crippen MR) is 114 cm³/mol. The van der Waals surface area contributed by atoms with Crippen LogP contribution >= 0.6 is 0 Å². The molecule has 0 saturated carbocycles. The highest BCUT2D eigenvalue weighted by Gasteiger charge is 2.09. The normalized spacial score (nSPS) is 10.4. The summed E-state index contributed by atoms with van der Waals surface area (Å²) in [5.74, 6) is 0.396. The van der Waals surface area contributed by atoms with Crippen LogP contribution in [0.5, 0.6) is 5.75 Å². The number of nitrogens with zero attached hydrogens (tertiary/aromatic N) is 3. The van der Waals surface area contributed by atoms with Crippen molar-refractivity contribution in [3.05, 3.63) is 89.7 Å². The average Bonchev–Trinajstić information content (AvgIpc) is 2.75. The van der Waals surface area contributed by atoms with E-state index in [1.807, 2.05) is 36.4 Å². The number of fused-ring (bicyclic) bond motifs is 1. The van der Waals surface area contributed by atoms with Gasteiger partial charge < -0.3 is 10.4 Å². The van der Waals surface area contributed by atoms with Crippen molar-refractivity contribution in [1.29, 1.82) is 5.26 Å². The van der Waals surface area contributed by atoms with E-state index in [-0.39, 0.29) is 17.3 Å². The molecule has 0 fully saturated rings. The third kappa shape index (κ3) is 4.18. The molecule has 2 amide bonds. The number of nitrogens with one attached hydrogen (secondary N) is 2. The van der Waals surface area contributed by atoms with Gasteiger partial charge in [-0.25, -0.2) is 9.78 Å². The summed E-state index contributed by atoms with van der Waals surface area (Å²) < 4.78 is 0. The molecule has 0 unspecified atom stereocenters. The summed E-state index contributed by atoms with van der Waals surface area (Å²) in [6, 6.07) is 19.5. The van der Waals surface area contributed by atoms with Crippen LogP contribution < -0.4 is 10.6 Å². The molecule has 0 bridgehead atoms. The molecule has 0 radical (unpaired) electrons. The molecule has 4 rings (SSSR count). The fraction of sp³-hybridized carbons (Fsp3) is 0.0435. The van der Waals surface area contributed by atoms with Gasteiger partial charge in [0.15, 0.2) is 0 Å². The summed E-state index contributed by atoms with van der Waals surface area (Å²) in [5, 5.41) is 25.3. The SMILES string of the molecule is N#Cc1cc2c(Cc3ccc(NC(=O)Nc4ccccn4)cc3)ccnc2cc1O. The molecule has 30 heavy (non-hydrogen) atoms. The number of aromatic nitrogens is 2. The Bertz CT molecular complexity index is 1250. The maximum atomic E-state index is 12.1. The quantitative estimate of drug-likeness (QED) is 0.473. The number of hydrogen-bond acceptors (Lipinski definition) is 5. The van der Waals surface area contributed by atoms with Crippen LogP contribution in [0.2, 0.25) is 0 Å². The minimum absolute atomic E-state index is 0.0749. The smallest absolute Gasteiger partial charge is 0.324 e. The first-order valence-corrected chi connectivity index (χ1v) is 9.21. The van der Waals surface area contributed by atoms with Crippen molar-refractivity contribution in [2.24, 2.45) is 0 Å². The zero-order chi connectivity index (χ0) is 20.9. The van der Waals surface area contributed by atoms with Gasteiger partial charge in [0.1, 0.15) is 17.6 Å². The highest BCUT2D eigenvalue weighted by Crippen LogP contribution is 2.27. The molecule has 146 valence electrons. The molecule has 0 aliphatic carbocycles. The maximum absolute atomic E-state index is 12.1. The van der Waals surface area contributed by atoms with Crippen molar-refractivity contribution >= 4 is 28.4 Å². The summed E-state index contributed by atoms with van der Waals surface area (Å²) in [7, 11) is 0. The van der Waals surface area contributed by atoms with Crippen molar-refractivity contribution in [2.45, 2.75) is 6.42 Å². The van der Waals surface area contributed by atoms with E-state index in [4.69, 9.17) is 0 Å². The number of rotatable bonds is 4. The number of carbonyl (C=O) groups excluding carboxylic acids is 1. The standard InChI is InChI=1S/C23H17N5O2/c24-14-17-12-19-16(8-10-25-20(19)13-21(17)29)11-15-4-6-18(7-5-15)27-23(30)28-22-3-1-2-9-26-22/h1-10,12-13,29H,11H2,(H2,26,27,28,30). The van der Waals surface area contributed by atoms with Crippen LogP contribution in [-0.2, 0) is 6.42 Å². The number of anilines is 2. The Morgan fingerprint density at radius 1 is 1.00 bits per heavy atom. The lowest BCUT2D eigenvalue weighted by Gasteiger charge is -2.10. The molecule has 0 aliphatic heterocycles. The van der Waals surface area contributed by atoms with Gasteiger partial charge in [0, 0.05) is 29.5 Å². The van der Waals surface area contributed by atoms with E-state index < -0.39 is 0 Å². The predicted octanol–water partition coefficient (Wildman–Crippen LogP) is 4.44. The Morgan fingerprint density at radius 2 is 1.83 bits per heavy atom. The van der Waals surface area contributed by atoms with E-state index in [2.05, 4.69) is 20.6 Å². The number of pyridine rings is 2. The van der Waals surface area contributed by atoms with Crippen molar-refractivity contribution in [3.63, 3.8) is 0 Å². The van der Waals surface area contributed by atoms with Gasteiger partial charge in [-0.15, -0.1) is 0 Å². The number of benzene rings is 2. The molecule has 2 aromatic heterocycles. The van der Waals surface area contributed by atoms with Crippen LogP contribution in [0.1, 0.15) is 16.7 Å². The van der Waals surface area contributed by atoms with Crippen molar-refractivity contribution in [3.8, 4) is 11.8 Å². The van der Waals surface area contributed by atoms with Crippen molar-refractivity contribution < 1.29 is 9.90 Å². The van der Waals surface area contributed by atoms with E-state index in [1.165, 1.54) is 6.07 Å². The number of carbonyl (C=O) groups is 1. The second-order valence-electron chi connectivity index (χ2n) is 6.64. The Balaban J connectivity index is 1.49. The second kappa shape index (κ2) is 8.29. The first-order valence-electron chi connectivity index (χ1n) is 9.21. The first-order chi connectivity index (χ1) is 14.6. The molecule has 0 aliphatic rings. The molecule has 4 aromatic rings. The maximum Gasteiger partial charge on any atom is 0.324 e. The average molecular weight is 395 g/mol. The van der Waals surface area contributed by atoms with Crippen LogP contribution in [0.25, 0.3) is 10.9 Å². The number of phenols is 1. The Labute approximate surface area is 172 Å². The molecular weight excluding hydrogens is 378 g/mol. The van der Waals surface area contributed by atoms with Crippen LogP contribution in [0.15, 0.2) is 73.1 Å². The number of urea groups is 1. The molecule has 7 heteroatoms. The van der Waals surface area contributed by atoms with Gasteiger partial charge in [-0.1, -0.05) is 18.2 Å². The minimum atomic E-state index is -0.370. The Hall–Kier alpha value is -4.44. The van der Waals surface area contributed by atoms with E-state index >= 15 is 0 Å². The molecule has 2 heterocycles. The fourth-order valence-electron chi connectivity index (χ4n) is 3.12. The lowest BCUT2D eigenvalue weighted by atomic mass is 9.99. The third-order valence-electron chi connectivity index (χ3n) is 4.58. The third-order valence-corrected chi connectivity index (χ3v) is 4.58. The lowest BCUT2D eigenvalue weighted by Crippen LogP contribution is -2.19. The first kappa shape index (κ1) is 18.9. The van der Waals surface area contributed by atoms with Gasteiger partial charge in [-0.2, -0.15) is 5.26 Å². The number of amides is 2.